The summed E-state index contributed by atoms with van der Waals surface area (Å²) in [6, 6.07) is 0.851. The van der Waals surface area contributed by atoms with Gasteiger partial charge in [-0.15, -0.1) is 0 Å². The Morgan fingerprint density at radius 1 is 1.00 bits per heavy atom. The van der Waals surface area contributed by atoms with Crippen LogP contribution in [-0.2, 0) is 0 Å². The SMILES string of the molecule is CCC1CCCCC1NCCC1CCC1. The van der Waals surface area contributed by atoms with Gasteiger partial charge in [-0.3, -0.25) is 0 Å². The van der Waals surface area contributed by atoms with Crippen molar-refractivity contribution in [3.8, 4) is 0 Å². The number of hydrogen-bond acceptors (Lipinski definition) is 1. The molecule has 1 heteroatoms. The van der Waals surface area contributed by atoms with Crippen LogP contribution in [0.25, 0.3) is 0 Å². The van der Waals surface area contributed by atoms with Crippen LogP contribution in [0.2, 0.25) is 0 Å². The zero-order valence-electron chi connectivity index (χ0n) is 10.3. The molecule has 2 atom stereocenters. The molecule has 0 aromatic carbocycles. The molecular weight excluding hydrogens is 182 g/mol. The molecule has 2 aliphatic carbocycles. The molecule has 0 aromatic heterocycles. The van der Waals surface area contributed by atoms with Crippen molar-refractivity contribution in [3.05, 3.63) is 0 Å². The third-order valence-electron chi connectivity index (χ3n) is 4.62. The van der Waals surface area contributed by atoms with E-state index in [1.165, 1.54) is 64.3 Å². The molecule has 2 rings (SSSR count). The van der Waals surface area contributed by atoms with Gasteiger partial charge < -0.3 is 5.32 Å². The highest BCUT2D eigenvalue weighted by Crippen LogP contribution is 2.30. The fraction of sp³-hybridized carbons (Fsp3) is 1.00. The molecule has 0 aromatic rings. The van der Waals surface area contributed by atoms with Gasteiger partial charge in [-0.1, -0.05) is 45.4 Å². The fourth-order valence-electron chi connectivity index (χ4n) is 3.22. The molecule has 0 radical (unpaired) electrons. The maximum atomic E-state index is 3.82. The molecule has 2 saturated carbocycles. The summed E-state index contributed by atoms with van der Waals surface area (Å²) in [4.78, 5) is 0. The molecule has 88 valence electrons. The van der Waals surface area contributed by atoms with Crippen LogP contribution < -0.4 is 5.32 Å². The van der Waals surface area contributed by atoms with E-state index in [1.807, 2.05) is 0 Å². The molecule has 2 unspecified atom stereocenters. The highest BCUT2D eigenvalue weighted by Gasteiger charge is 2.23. The van der Waals surface area contributed by atoms with Crippen molar-refractivity contribution >= 4 is 0 Å². The molecule has 0 aliphatic heterocycles. The Hall–Kier alpha value is -0.0400. The average Bonchev–Trinajstić information content (AvgIpc) is 2.22. The topological polar surface area (TPSA) is 12.0 Å². The van der Waals surface area contributed by atoms with Crippen LogP contribution in [0.4, 0.5) is 0 Å². The first kappa shape index (κ1) is 11.4. The summed E-state index contributed by atoms with van der Waals surface area (Å²) < 4.78 is 0. The average molecular weight is 209 g/mol. The minimum absolute atomic E-state index is 0.851. The lowest BCUT2D eigenvalue weighted by Gasteiger charge is -2.33. The Kier molecular flexibility index (Phi) is 4.49. The van der Waals surface area contributed by atoms with Gasteiger partial charge in [0.15, 0.2) is 0 Å². The Labute approximate surface area is 95.0 Å². The van der Waals surface area contributed by atoms with Crippen molar-refractivity contribution < 1.29 is 0 Å². The summed E-state index contributed by atoms with van der Waals surface area (Å²) in [6.07, 6.45) is 13.1. The minimum atomic E-state index is 0.851. The zero-order chi connectivity index (χ0) is 10.5. The van der Waals surface area contributed by atoms with E-state index in [-0.39, 0.29) is 0 Å². The van der Waals surface area contributed by atoms with Crippen LogP contribution in [0.15, 0.2) is 0 Å². The lowest BCUT2D eigenvalue weighted by molar-refractivity contribution is 0.236. The van der Waals surface area contributed by atoms with Crippen molar-refractivity contribution in [1.82, 2.24) is 5.32 Å². The molecule has 2 aliphatic rings. The summed E-state index contributed by atoms with van der Waals surface area (Å²) in [5.74, 6) is 2.04. The maximum Gasteiger partial charge on any atom is 0.00952 e. The minimum Gasteiger partial charge on any atom is -0.314 e. The normalized spacial score (nSPS) is 32.6. The number of rotatable bonds is 5. The zero-order valence-corrected chi connectivity index (χ0v) is 10.3. The van der Waals surface area contributed by atoms with Gasteiger partial charge in [0.05, 0.1) is 0 Å². The van der Waals surface area contributed by atoms with Crippen molar-refractivity contribution in [3.63, 3.8) is 0 Å². The van der Waals surface area contributed by atoms with Gasteiger partial charge in [-0.25, -0.2) is 0 Å². The summed E-state index contributed by atoms with van der Waals surface area (Å²) in [6.45, 7) is 3.64. The second kappa shape index (κ2) is 5.89. The summed E-state index contributed by atoms with van der Waals surface area (Å²) in [5, 5.41) is 3.82. The molecular formula is C14H27N. The molecule has 0 saturated heterocycles. The highest BCUT2D eigenvalue weighted by molar-refractivity contribution is 4.81. The maximum absolute atomic E-state index is 3.82. The van der Waals surface area contributed by atoms with Gasteiger partial charge in [0.1, 0.15) is 0 Å². The van der Waals surface area contributed by atoms with Crippen molar-refractivity contribution in [2.24, 2.45) is 11.8 Å². The number of hydrogen-bond donors (Lipinski definition) is 1. The lowest BCUT2D eigenvalue weighted by atomic mass is 9.81. The van der Waals surface area contributed by atoms with Crippen LogP contribution in [0, 0.1) is 11.8 Å². The highest BCUT2D eigenvalue weighted by atomic mass is 14.9. The van der Waals surface area contributed by atoms with Gasteiger partial charge >= 0.3 is 0 Å². The largest absolute Gasteiger partial charge is 0.314 e. The first-order valence-electron chi connectivity index (χ1n) is 7.13. The van der Waals surface area contributed by atoms with Crippen molar-refractivity contribution in [2.75, 3.05) is 6.54 Å². The monoisotopic (exact) mass is 209 g/mol. The van der Waals surface area contributed by atoms with Gasteiger partial charge in [0, 0.05) is 6.04 Å². The lowest BCUT2D eigenvalue weighted by Crippen LogP contribution is -2.39. The van der Waals surface area contributed by atoms with E-state index in [9.17, 15) is 0 Å². The van der Waals surface area contributed by atoms with Gasteiger partial charge in [-0.05, 0) is 37.6 Å². The van der Waals surface area contributed by atoms with E-state index in [1.54, 1.807) is 0 Å². The summed E-state index contributed by atoms with van der Waals surface area (Å²) in [5.41, 5.74) is 0. The number of nitrogens with one attached hydrogen (secondary N) is 1. The van der Waals surface area contributed by atoms with Crippen LogP contribution in [0.1, 0.15) is 64.7 Å². The smallest absolute Gasteiger partial charge is 0.00952 e. The van der Waals surface area contributed by atoms with E-state index in [4.69, 9.17) is 0 Å². The summed E-state index contributed by atoms with van der Waals surface area (Å²) in [7, 11) is 0. The Balaban J connectivity index is 1.62. The predicted octanol–water partition coefficient (Wildman–Crippen LogP) is 3.74. The van der Waals surface area contributed by atoms with Crippen LogP contribution in [0.5, 0.6) is 0 Å². The first-order chi connectivity index (χ1) is 7.40. The molecule has 0 spiro atoms. The molecule has 0 bridgehead atoms. The van der Waals surface area contributed by atoms with E-state index < -0.39 is 0 Å². The third kappa shape index (κ3) is 3.21. The quantitative estimate of drug-likeness (QED) is 0.727. The van der Waals surface area contributed by atoms with Gasteiger partial charge in [0.2, 0.25) is 0 Å². The van der Waals surface area contributed by atoms with E-state index in [0.717, 1.165) is 17.9 Å². The van der Waals surface area contributed by atoms with E-state index in [0.29, 0.717) is 0 Å². The molecule has 1 N–H and O–H groups in total. The van der Waals surface area contributed by atoms with Crippen LogP contribution in [0.3, 0.4) is 0 Å². The Morgan fingerprint density at radius 2 is 1.80 bits per heavy atom. The fourth-order valence-corrected chi connectivity index (χ4v) is 3.22. The molecule has 0 heterocycles. The molecule has 0 amide bonds. The molecule has 2 fully saturated rings. The first-order valence-corrected chi connectivity index (χ1v) is 7.13. The summed E-state index contributed by atoms with van der Waals surface area (Å²) >= 11 is 0. The van der Waals surface area contributed by atoms with Crippen LogP contribution in [-0.4, -0.2) is 12.6 Å². The van der Waals surface area contributed by atoms with E-state index in [2.05, 4.69) is 12.2 Å². The van der Waals surface area contributed by atoms with Crippen LogP contribution >= 0.6 is 0 Å². The van der Waals surface area contributed by atoms with Crippen molar-refractivity contribution in [1.29, 1.82) is 0 Å². The van der Waals surface area contributed by atoms with Gasteiger partial charge in [0.25, 0.3) is 0 Å². The molecule has 1 nitrogen and oxygen atoms in total. The Morgan fingerprint density at radius 3 is 2.47 bits per heavy atom. The van der Waals surface area contributed by atoms with Crippen molar-refractivity contribution in [2.45, 2.75) is 70.8 Å². The predicted molar refractivity (Wildman–Crippen MR) is 66.0 cm³/mol. The standard InChI is InChI=1S/C14H27N/c1-2-13-8-3-4-9-14(13)15-11-10-12-6-5-7-12/h12-15H,2-11H2,1H3. The third-order valence-corrected chi connectivity index (χ3v) is 4.62. The Bertz CT molecular complexity index is 174. The second-order valence-electron chi connectivity index (χ2n) is 5.60. The van der Waals surface area contributed by atoms with Gasteiger partial charge in [-0.2, -0.15) is 0 Å². The second-order valence-corrected chi connectivity index (χ2v) is 5.60. The molecule has 15 heavy (non-hydrogen) atoms. The van der Waals surface area contributed by atoms with E-state index >= 15 is 0 Å².